The van der Waals surface area contributed by atoms with Crippen molar-refractivity contribution in [2.24, 2.45) is 0 Å². The van der Waals surface area contributed by atoms with Crippen molar-refractivity contribution in [2.75, 3.05) is 17.4 Å². The SMILES string of the molecule is Cc1ccc(S(=O)(=O)N2C[C@@H](C(=O)NCCc3ccccc3)Oc3ccccc32)cc1. The fraction of sp³-hybridized carbons (Fsp3) is 0.208. The Kier molecular flexibility index (Phi) is 5.95. The highest BCUT2D eigenvalue weighted by atomic mass is 32.2. The van der Waals surface area contributed by atoms with Gasteiger partial charge in [-0.05, 0) is 43.2 Å². The van der Waals surface area contributed by atoms with E-state index in [0.29, 0.717) is 24.4 Å². The molecule has 3 aromatic carbocycles. The number of anilines is 1. The predicted molar refractivity (Wildman–Crippen MR) is 120 cm³/mol. The number of fused-ring (bicyclic) bond motifs is 1. The van der Waals surface area contributed by atoms with Crippen molar-refractivity contribution in [3.63, 3.8) is 0 Å². The number of hydrogen-bond acceptors (Lipinski definition) is 4. The number of nitrogens with one attached hydrogen (secondary N) is 1. The summed E-state index contributed by atoms with van der Waals surface area (Å²) in [4.78, 5) is 13.0. The molecule has 1 aliphatic rings. The van der Waals surface area contributed by atoms with E-state index < -0.39 is 16.1 Å². The molecule has 0 saturated heterocycles. The van der Waals surface area contributed by atoms with E-state index in [4.69, 9.17) is 4.74 Å². The lowest BCUT2D eigenvalue weighted by molar-refractivity contribution is -0.127. The molecule has 0 aliphatic carbocycles. The van der Waals surface area contributed by atoms with Gasteiger partial charge >= 0.3 is 0 Å². The molecule has 0 bridgehead atoms. The molecule has 6 nitrogen and oxygen atoms in total. The van der Waals surface area contributed by atoms with Crippen molar-refractivity contribution in [2.45, 2.75) is 24.3 Å². The van der Waals surface area contributed by atoms with Crippen LogP contribution in [0.3, 0.4) is 0 Å². The summed E-state index contributed by atoms with van der Waals surface area (Å²) in [6, 6.07) is 23.4. The average Bonchev–Trinajstić information content (AvgIpc) is 2.79. The Labute approximate surface area is 182 Å². The first-order valence-electron chi connectivity index (χ1n) is 10.1. The number of carbonyl (C=O) groups is 1. The monoisotopic (exact) mass is 436 g/mol. The van der Waals surface area contributed by atoms with Gasteiger partial charge in [-0.2, -0.15) is 0 Å². The van der Waals surface area contributed by atoms with Crippen molar-refractivity contribution in [1.82, 2.24) is 5.32 Å². The van der Waals surface area contributed by atoms with Crippen LogP contribution in [0.4, 0.5) is 5.69 Å². The van der Waals surface area contributed by atoms with E-state index >= 15 is 0 Å². The van der Waals surface area contributed by atoms with Gasteiger partial charge in [0, 0.05) is 6.54 Å². The van der Waals surface area contributed by atoms with Crippen LogP contribution in [-0.4, -0.2) is 33.5 Å². The quantitative estimate of drug-likeness (QED) is 0.643. The topological polar surface area (TPSA) is 75.7 Å². The molecule has 0 aromatic heterocycles. The zero-order valence-corrected chi connectivity index (χ0v) is 18.0. The number of sulfonamides is 1. The summed E-state index contributed by atoms with van der Waals surface area (Å²) >= 11 is 0. The van der Waals surface area contributed by atoms with Crippen molar-refractivity contribution < 1.29 is 17.9 Å². The molecule has 1 N–H and O–H groups in total. The van der Waals surface area contributed by atoms with Gasteiger partial charge < -0.3 is 10.1 Å². The molecule has 4 rings (SSSR count). The van der Waals surface area contributed by atoms with E-state index in [1.54, 1.807) is 48.5 Å². The largest absolute Gasteiger partial charge is 0.476 e. The number of amides is 1. The standard InChI is InChI=1S/C24H24N2O4S/c1-18-11-13-20(14-12-18)31(28,29)26-17-23(30-22-10-6-5-9-21(22)26)24(27)25-16-15-19-7-3-2-4-8-19/h2-14,23H,15-17H2,1H3,(H,25,27)/t23-/m0/s1. The van der Waals surface area contributed by atoms with Gasteiger partial charge in [0.2, 0.25) is 0 Å². The van der Waals surface area contributed by atoms with Crippen LogP contribution in [-0.2, 0) is 21.2 Å². The first-order valence-corrected chi connectivity index (χ1v) is 11.6. The number of aryl methyl sites for hydroxylation is 1. The third-order valence-electron chi connectivity index (χ3n) is 5.19. The molecule has 1 atom stereocenters. The van der Waals surface area contributed by atoms with Crippen molar-refractivity contribution in [3.05, 3.63) is 90.0 Å². The van der Waals surface area contributed by atoms with Gasteiger partial charge in [-0.25, -0.2) is 8.42 Å². The minimum absolute atomic E-state index is 0.0929. The first-order chi connectivity index (χ1) is 14.9. The maximum Gasteiger partial charge on any atom is 0.264 e. The van der Waals surface area contributed by atoms with Crippen LogP contribution in [0.1, 0.15) is 11.1 Å². The van der Waals surface area contributed by atoms with Gasteiger partial charge in [0.1, 0.15) is 5.75 Å². The summed E-state index contributed by atoms with van der Waals surface area (Å²) in [5.74, 6) is 0.0298. The third kappa shape index (κ3) is 4.56. The summed E-state index contributed by atoms with van der Waals surface area (Å²) in [5.41, 5.74) is 2.51. The fourth-order valence-electron chi connectivity index (χ4n) is 3.49. The van der Waals surface area contributed by atoms with Gasteiger partial charge in [-0.1, -0.05) is 60.2 Å². The number of benzene rings is 3. The lowest BCUT2D eigenvalue weighted by Gasteiger charge is -2.34. The molecule has 0 radical (unpaired) electrons. The van der Waals surface area contributed by atoms with Crippen LogP contribution >= 0.6 is 0 Å². The third-order valence-corrected chi connectivity index (χ3v) is 6.99. The lowest BCUT2D eigenvalue weighted by atomic mass is 10.1. The predicted octanol–water partition coefficient (Wildman–Crippen LogP) is 3.31. The molecule has 1 amide bonds. The van der Waals surface area contributed by atoms with E-state index in [0.717, 1.165) is 11.1 Å². The van der Waals surface area contributed by atoms with Gasteiger partial charge in [-0.15, -0.1) is 0 Å². The summed E-state index contributed by atoms with van der Waals surface area (Å²) in [7, 11) is -3.85. The second kappa shape index (κ2) is 8.81. The molecule has 31 heavy (non-hydrogen) atoms. The fourth-order valence-corrected chi connectivity index (χ4v) is 4.97. The van der Waals surface area contributed by atoms with E-state index in [-0.39, 0.29) is 17.3 Å². The molecular weight excluding hydrogens is 412 g/mol. The van der Waals surface area contributed by atoms with Crippen LogP contribution in [0.2, 0.25) is 0 Å². The first kappa shape index (κ1) is 20.9. The van der Waals surface area contributed by atoms with E-state index in [9.17, 15) is 13.2 Å². The molecule has 1 aliphatic heterocycles. The van der Waals surface area contributed by atoms with Crippen molar-refractivity contribution >= 4 is 21.6 Å². The summed E-state index contributed by atoms with van der Waals surface area (Å²) in [6.07, 6.45) is -0.257. The Balaban J connectivity index is 1.54. The zero-order chi connectivity index (χ0) is 21.8. The van der Waals surface area contributed by atoms with Crippen LogP contribution in [0, 0.1) is 6.92 Å². The van der Waals surface area contributed by atoms with E-state index in [2.05, 4.69) is 5.32 Å². The second-order valence-corrected chi connectivity index (χ2v) is 9.31. The molecule has 0 unspecified atom stereocenters. The van der Waals surface area contributed by atoms with E-state index in [1.807, 2.05) is 37.3 Å². The molecule has 1 heterocycles. The minimum Gasteiger partial charge on any atom is -0.476 e. The Hall–Kier alpha value is -3.32. The summed E-state index contributed by atoms with van der Waals surface area (Å²) in [6.45, 7) is 2.25. The number of hydrogen-bond donors (Lipinski definition) is 1. The maximum absolute atomic E-state index is 13.4. The number of nitrogens with zero attached hydrogens (tertiary/aromatic N) is 1. The smallest absolute Gasteiger partial charge is 0.264 e. The summed E-state index contributed by atoms with van der Waals surface area (Å²) in [5, 5.41) is 2.87. The average molecular weight is 437 g/mol. The number of ether oxygens (including phenoxy) is 1. The second-order valence-electron chi connectivity index (χ2n) is 7.45. The van der Waals surface area contributed by atoms with Crippen LogP contribution in [0.25, 0.3) is 0 Å². The molecule has 160 valence electrons. The Morgan fingerprint density at radius 2 is 1.68 bits per heavy atom. The highest BCUT2D eigenvalue weighted by Crippen LogP contribution is 2.36. The highest BCUT2D eigenvalue weighted by Gasteiger charge is 2.37. The van der Waals surface area contributed by atoms with E-state index in [1.165, 1.54) is 4.31 Å². The highest BCUT2D eigenvalue weighted by molar-refractivity contribution is 7.92. The molecular formula is C24H24N2O4S. The van der Waals surface area contributed by atoms with Crippen molar-refractivity contribution in [3.8, 4) is 5.75 Å². The number of rotatable bonds is 6. The Bertz CT molecular complexity index is 1160. The Morgan fingerprint density at radius 3 is 2.42 bits per heavy atom. The van der Waals surface area contributed by atoms with Crippen LogP contribution in [0.5, 0.6) is 5.75 Å². The van der Waals surface area contributed by atoms with Crippen LogP contribution in [0.15, 0.2) is 83.8 Å². The van der Waals surface area contributed by atoms with Crippen molar-refractivity contribution in [1.29, 1.82) is 0 Å². The number of para-hydroxylation sites is 2. The zero-order valence-electron chi connectivity index (χ0n) is 17.2. The van der Waals surface area contributed by atoms with Crippen LogP contribution < -0.4 is 14.4 Å². The molecule has 3 aromatic rings. The maximum atomic E-state index is 13.4. The van der Waals surface area contributed by atoms with Gasteiger partial charge in [0.25, 0.3) is 15.9 Å². The summed E-state index contributed by atoms with van der Waals surface area (Å²) < 4.78 is 33.9. The Morgan fingerprint density at radius 1 is 1.00 bits per heavy atom. The normalized spacial score (nSPS) is 15.6. The number of carbonyl (C=O) groups excluding carboxylic acids is 1. The molecule has 7 heteroatoms. The van der Waals surface area contributed by atoms with Gasteiger partial charge in [-0.3, -0.25) is 9.10 Å². The van der Waals surface area contributed by atoms with Gasteiger partial charge in [0.15, 0.2) is 6.10 Å². The molecule has 0 fully saturated rings. The molecule has 0 saturated carbocycles. The molecule has 0 spiro atoms. The minimum atomic E-state index is -3.85. The van der Waals surface area contributed by atoms with Gasteiger partial charge in [0.05, 0.1) is 17.1 Å². The lowest BCUT2D eigenvalue weighted by Crippen LogP contribution is -2.51.